The Morgan fingerprint density at radius 2 is 2.15 bits per heavy atom. The van der Waals surface area contributed by atoms with Crippen molar-refractivity contribution in [1.29, 1.82) is 0 Å². The van der Waals surface area contributed by atoms with E-state index in [4.69, 9.17) is 18.8 Å². The smallest absolute Gasteiger partial charge is 0.313 e. The molecule has 5 unspecified atom stereocenters. The lowest BCUT2D eigenvalue weighted by Crippen LogP contribution is -2.37. The molecule has 3 aliphatic heterocycles. The van der Waals surface area contributed by atoms with E-state index in [0.29, 0.717) is 6.42 Å². The molecule has 20 heavy (non-hydrogen) atoms. The Balaban J connectivity index is 1.55. The molecule has 1 N–H and O–H groups in total. The Morgan fingerprint density at radius 3 is 2.85 bits per heavy atom. The molecule has 2 bridgehead atoms. The van der Waals surface area contributed by atoms with Gasteiger partial charge in [-0.15, -0.1) is 0 Å². The molecule has 0 aromatic rings. The van der Waals surface area contributed by atoms with Crippen molar-refractivity contribution < 1.29 is 36.8 Å². The molecule has 3 heterocycles. The van der Waals surface area contributed by atoms with Crippen LogP contribution in [0.25, 0.3) is 0 Å². The maximum Gasteiger partial charge on any atom is 0.313 e. The quantitative estimate of drug-likeness (QED) is 0.396. The molecule has 0 aromatic carbocycles. The fraction of sp³-hybridized carbons (Fsp3) is 0.818. The monoisotopic (exact) mass is 306 g/mol. The SMILES string of the molecule is O=C(OCCCS(=O)(=O)O)C1C2CC3OC(=O)C1C3O2. The predicted octanol–water partition coefficient (Wildman–Crippen LogP) is -0.864. The summed E-state index contributed by atoms with van der Waals surface area (Å²) in [6, 6.07) is 0. The number of hydrogen-bond donors (Lipinski definition) is 1. The summed E-state index contributed by atoms with van der Waals surface area (Å²) in [5, 5.41) is 0. The van der Waals surface area contributed by atoms with Gasteiger partial charge in [0.1, 0.15) is 18.1 Å². The standard InChI is InChI=1S/C11H14O8S/c12-10(17-2-1-3-20(14,15)16)7-5-4-6-9(18-5)8(7)11(13)19-6/h5-9H,1-4H2,(H,14,15,16). The molecule has 8 nitrogen and oxygen atoms in total. The van der Waals surface area contributed by atoms with E-state index >= 15 is 0 Å². The number of fused-ring (bicyclic) bond motifs is 1. The first-order chi connectivity index (χ1) is 9.37. The summed E-state index contributed by atoms with van der Waals surface area (Å²) in [6.07, 6.45) is -0.471. The predicted molar refractivity (Wildman–Crippen MR) is 62.1 cm³/mol. The van der Waals surface area contributed by atoms with Crippen LogP contribution in [0.1, 0.15) is 12.8 Å². The number of esters is 2. The topological polar surface area (TPSA) is 116 Å². The molecule has 0 aromatic heterocycles. The summed E-state index contributed by atoms with van der Waals surface area (Å²) in [7, 11) is -4.06. The molecule has 3 aliphatic rings. The Bertz CT molecular complexity index is 539. The van der Waals surface area contributed by atoms with Crippen LogP contribution in [0.3, 0.4) is 0 Å². The molecule has 5 atom stereocenters. The molecule has 112 valence electrons. The molecule has 9 heteroatoms. The summed E-state index contributed by atoms with van der Waals surface area (Å²) < 4.78 is 45.2. The first kappa shape index (κ1) is 13.8. The minimum atomic E-state index is -4.06. The average molecular weight is 306 g/mol. The average Bonchev–Trinajstić information content (AvgIpc) is 2.93. The summed E-state index contributed by atoms with van der Waals surface area (Å²) in [4.78, 5) is 23.6. The fourth-order valence-corrected chi connectivity index (χ4v) is 3.61. The van der Waals surface area contributed by atoms with Crippen LogP contribution in [0.4, 0.5) is 0 Å². The zero-order chi connectivity index (χ0) is 14.5. The van der Waals surface area contributed by atoms with Gasteiger partial charge < -0.3 is 14.2 Å². The van der Waals surface area contributed by atoms with Gasteiger partial charge >= 0.3 is 11.9 Å². The molecular weight excluding hydrogens is 292 g/mol. The first-order valence-corrected chi connectivity index (χ1v) is 7.95. The van der Waals surface area contributed by atoms with Crippen molar-refractivity contribution in [2.45, 2.75) is 31.2 Å². The van der Waals surface area contributed by atoms with E-state index in [9.17, 15) is 18.0 Å². The minimum absolute atomic E-state index is 0.00395. The molecule has 3 saturated heterocycles. The number of carbonyl (C=O) groups is 2. The molecule has 0 spiro atoms. The van der Waals surface area contributed by atoms with Crippen molar-refractivity contribution in [3.05, 3.63) is 0 Å². The van der Waals surface area contributed by atoms with Crippen LogP contribution in [0.5, 0.6) is 0 Å². The summed E-state index contributed by atoms with van der Waals surface area (Å²) in [5.41, 5.74) is 0. The lowest BCUT2D eigenvalue weighted by atomic mass is 9.80. The molecular formula is C11H14O8S. The van der Waals surface area contributed by atoms with Crippen molar-refractivity contribution in [2.75, 3.05) is 12.4 Å². The van der Waals surface area contributed by atoms with Crippen LogP contribution < -0.4 is 0 Å². The zero-order valence-corrected chi connectivity index (χ0v) is 11.2. The van der Waals surface area contributed by atoms with Crippen LogP contribution in [0.2, 0.25) is 0 Å². The van der Waals surface area contributed by atoms with Crippen LogP contribution in [0, 0.1) is 11.8 Å². The highest BCUT2D eigenvalue weighted by atomic mass is 32.2. The molecule has 0 amide bonds. The maximum atomic E-state index is 12.0. The fourth-order valence-electron chi connectivity index (χ4n) is 3.12. The lowest BCUT2D eigenvalue weighted by molar-refractivity contribution is -0.155. The van der Waals surface area contributed by atoms with Gasteiger partial charge in [-0.3, -0.25) is 14.1 Å². The number of hydrogen-bond acceptors (Lipinski definition) is 7. The first-order valence-electron chi connectivity index (χ1n) is 6.34. The largest absolute Gasteiger partial charge is 0.465 e. The van der Waals surface area contributed by atoms with Gasteiger partial charge in [-0.2, -0.15) is 8.42 Å². The second-order valence-corrected chi connectivity index (χ2v) is 6.78. The van der Waals surface area contributed by atoms with E-state index in [1.807, 2.05) is 0 Å². The highest BCUT2D eigenvalue weighted by Gasteiger charge is 2.66. The number of carbonyl (C=O) groups excluding carboxylic acids is 2. The van der Waals surface area contributed by atoms with Crippen LogP contribution in [-0.2, 0) is 33.9 Å². The summed E-state index contributed by atoms with van der Waals surface area (Å²) in [6.45, 7) is -0.127. The highest BCUT2D eigenvalue weighted by Crippen LogP contribution is 2.50. The van der Waals surface area contributed by atoms with Crippen LogP contribution in [0.15, 0.2) is 0 Å². The second-order valence-electron chi connectivity index (χ2n) is 5.21. The third-order valence-corrected chi connectivity index (χ3v) is 4.71. The molecule has 0 radical (unpaired) electrons. The van der Waals surface area contributed by atoms with Crippen molar-refractivity contribution in [1.82, 2.24) is 0 Å². The van der Waals surface area contributed by atoms with E-state index in [0.717, 1.165) is 0 Å². The van der Waals surface area contributed by atoms with Crippen molar-refractivity contribution in [3.8, 4) is 0 Å². The van der Waals surface area contributed by atoms with Gasteiger partial charge in [0.15, 0.2) is 0 Å². The van der Waals surface area contributed by atoms with Crippen LogP contribution >= 0.6 is 0 Å². The molecule has 3 fully saturated rings. The normalized spacial score (nSPS) is 38.0. The van der Waals surface area contributed by atoms with Gasteiger partial charge in [0.25, 0.3) is 10.1 Å². The van der Waals surface area contributed by atoms with Gasteiger partial charge in [-0.05, 0) is 6.42 Å². The van der Waals surface area contributed by atoms with Crippen molar-refractivity contribution in [3.63, 3.8) is 0 Å². The van der Waals surface area contributed by atoms with E-state index < -0.39 is 39.6 Å². The van der Waals surface area contributed by atoms with Gasteiger partial charge in [-0.1, -0.05) is 0 Å². The molecule has 3 rings (SSSR count). The third-order valence-electron chi connectivity index (χ3n) is 3.91. The van der Waals surface area contributed by atoms with E-state index in [-0.39, 0.29) is 31.3 Å². The minimum Gasteiger partial charge on any atom is -0.465 e. The molecule has 0 aliphatic carbocycles. The highest BCUT2D eigenvalue weighted by molar-refractivity contribution is 7.85. The number of ether oxygens (including phenoxy) is 3. The van der Waals surface area contributed by atoms with E-state index in [1.54, 1.807) is 0 Å². The summed E-state index contributed by atoms with van der Waals surface area (Å²) in [5.74, 6) is -2.75. The molecule has 0 saturated carbocycles. The number of rotatable bonds is 5. The Kier molecular flexibility index (Phi) is 3.22. The van der Waals surface area contributed by atoms with E-state index in [1.165, 1.54) is 0 Å². The third kappa shape index (κ3) is 2.29. The maximum absolute atomic E-state index is 12.0. The van der Waals surface area contributed by atoms with Crippen LogP contribution in [-0.4, -0.2) is 55.6 Å². The second kappa shape index (κ2) is 4.68. The van der Waals surface area contributed by atoms with Crippen molar-refractivity contribution >= 4 is 22.1 Å². The van der Waals surface area contributed by atoms with Crippen molar-refractivity contribution in [2.24, 2.45) is 11.8 Å². The Hall–Kier alpha value is -1.19. The van der Waals surface area contributed by atoms with Gasteiger partial charge in [0.05, 0.1) is 24.4 Å². The lowest BCUT2D eigenvalue weighted by Gasteiger charge is -2.19. The zero-order valence-electron chi connectivity index (χ0n) is 10.4. The Morgan fingerprint density at radius 1 is 1.40 bits per heavy atom. The summed E-state index contributed by atoms with van der Waals surface area (Å²) >= 11 is 0. The van der Waals surface area contributed by atoms with Gasteiger partial charge in [-0.25, -0.2) is 0 Å². The van der Waals surface area contributed by atoms with Gasteiger partial charge in [0, 0.05) is 6.42 Å². The van der Waals surface area contributed by atoms with Gasteiger partial charge in [0.2, 0.25) is 0 Å². The van der Waals surface area contributed by atoms with E-state index in [2.05, 4.69) is 0 Å². The Labute approximate surface area is 115 Å².